The lowest BCUT2D eigenvalue weighted by Crippen LogP contribution is -2.26. The summed E-state index contributed by atoms with van der Waals surface area (Å²) in [5.41, 5.74) is 2.13. The van der Waals surface area contributed by atoms with Crippen molar-refractivity contribution in [3.8, 4) is 0 Å². The number of rotatable bonds is 5. The molecule has 1 heterocycles. The minimum absolute atomic E-state index is 0.0126. The molecule has 6 heteroatoms. The van der Waals surface area contributed by atoms with Gasteiger partial charge in [-0.3, -0.25) is 14.4 Å². The fourth-order valence-corrected chi connectivity index (χ4v) is 2.67. The number of carboxylic acids is 1. The van der Waals surface area contributed by atoms with E-state index >= 15 is 0 Å². The molecule has 0 radical (unpaired) electrons. The van der Waals surface area contributed by atoms with Crippen LogP contribution < -0.4 is 10.2 Å². The average molecular weight is 318 g/mol. The molecule has 0 unspecified atom stereocenters. The SMILES string of the molecule is Cc1ccc(NC(=O)CC(C)C)cc1N1C[C@@H](C(=O)O)CC1=O. The highest BCUT2D eigenvalue weighted by molar-refractivity contribution is 6.00. The number of carboxylic acid groups (broad SMARTS) is 1. The smallest absolute Gasteiger partial charge is 0.308 e. The van der Waals surface area contributed by atoms with Crippen LogP contribution >= 0.6 is 0 Å². The van der Waals surface area contributed by atoms with E-state index in [4.69, 9.17) is 5.11 Å². The number of benzene rings is 1. The van der Waals surface area contributed by atoms with Crippen molar-refractivity contribution in [1.29, 1.82) is 0 Å². The van der Waals surface area contributed by atoms with Crippen LogP contribution in [0.4, 0.5) is 11.4 Å². The Labute approximate surface area is 135 Å². The molecule has 2 amide bonds. The lowest BCUT2D eigenvalue weighted by atomic mass is 10.1. The molecule has 1 fully saturated rings. The number of hydrogen-bond donors (Lipinski definition) is 2. The van der Waals surface area contributed by atoms with Crippen molar-refractivity contribution in [2.45, 2.75) is 33.6 Å². The normalized spacial score (nSPS) is 17.7. The van der Waals surface area contributed by atoms with Crippen LogP contribution in [0, 0.1) is 18.8 Å². The van der Waals surface area contributed by atoms with Gasteiger partial charge in [0.15, 0.2) is 0 Å². The summed E-state index contributed by atoms with van der Waals surface area (Å²) in [6.45, 7) is 5.96. The summed E-state index contributed by atoms with van der Waals surface area (Å²) in [6.07, 6.45) is 0.436. The average Bonchev–Trinajstić information content (AvgIpc) is 2.82. The third-order valence-electron chi connectivity index (χ3n) is 3.85. The summed E-state index contributed by atoms with van der Waals surface area (Å²) in [5.74, 6) is -1.66. The van der Waals surface area contributed by atoms with Crippen molar-refractivity contribution < 1.29 is 19.5 Å². The molecule has 2 N–H and O–H groups in total. The van der Waals surface area contributed by atoms with Gasteiger partial charge in [-0.15, -0.1) is 0 Å². The number of hydrogen-bond acceptors (Lipinski definition) is 3. The molecule has 0 bridgehead atoms. The Bertz CT molecular complexity index is 639. The number of carbonyl (C=O) groups is 3. The quantitative estimate of drug-likeness (QED) is 0.873. The second kappa shape index (κ2) is 6.81. The van der Waals surface area contributed by atoms with E-state index in [0.29, 0.717) is 17.8 Å². The Morgan fingerprint density at radius 1 is 1.39 bits per heavy atom. The molecule has 1 atom stereocenters. The first-order valence-electron chi connectivity index (χ1n) is 7.71. The van der Waals surface area contributed by atoms with E-state index in [0.717, 1.165) is 5.56 Å². The van der Waals surface area contributed by atoms with Crippen molar-refractivity contribution in [3.05, 3.63) is 23.8 Å². The van der Waals surface area contributed by atoms with Gasteiger partial charge in [-0.2, -0.15) is 0 Å². The van der Waals surface area contributed by atoms with Crippen LogP contribution in [0.15, 0.2) is 18.2 Å². The van der Waals surface area contributed by atoms with Crippen LogP contribution in [0.3, 0.4) is 0 Å². The zero-order valence-corrected chi connectivity index (χ0v) is 13.6. The lowest BCUT2D eigenvalue weighted by molar-refractivity contribution is -0.141. The van der Waals surface area contributed by atoms with Gasteiger partial charge in [0.25, 0.3) is 0 Å². The molecule has 1 aromatic carbocycles. The Hall–Kier alpha value is -2.37. The van der Waals surface area contributed by atoms with Gasteiger partial charge in [-0.25, -0.2) is 0 Å². The van der Waals surface area contributed by atoms with E-state index in [1.807, 2.05) is 26.8 Å². The predicted octanol–water partition coefficient (Wildman–Crippen LogP) is 2.42. The third-order valence-corrected chi connectivity index (χ3v) is 3.85. The lowest BCUT2D eigenvalue weighted by Gasteiger charge is -2.20. The summed E-state index contributed by atoms with van der Waals surface area (Å²) < 4.78 is 0. The van der Waals surface area contributed by atoms with E-state index < -0.39 is 11.9 Å². The first kappa shape index (κ1) is 17.0. The van der Waals surface area contributed by atoms with E-state index in [1.54, 1.807) is 12.1 Å². The molecule has 1 saturated heterocycles. The summed E-state index contributed by atoms with van der Waals surface area (Å²) >= 11 is 0. The highest BCUT2D eigenvalue weighted by Gasteiger charge is 2.35. The second-order valence-electron chi connectivity index (χ2n) is 6.39. The van der Waals surface area contributed by atoms with E-state index in [9.17, 15) is 14.4 Å². The molecule has 1 aliphatic heterocycles. The van der Waals surface area contributed by atoms with Crippen LogP contribution in [0.5, 0.6) is 0 Å². The molecule has 0 aromatic heterocycles. The molecule has 0 spiro atoms. The summed E-state index contributed by atoms with van der Waals surface area (Å²) in [6, 6.07) is 5.34. The maximum Gasteiger partial charge on any atom is 0.308 e. The number of nitrogens with zero attached hydrogens (tertiary/aromatic N) is 1. The second-order valence-corrected chi connectivity index (χ2v) is 6.39. The molecule has 23 heavy (non-hydrogen) atoms. The Kier molecular flexibility index (Phi) is 5.03. The van der Waals surface area contributed by atoms with Crippen LogP contribution in [0.1, 0.15) is 32.3 Å². The van der Waals surface area contributed by atoms with E-state index in [2.05, 4.69) is 5.32 Å². The first-order valence-corrected chi connectivity index (χ1v) is 7.71. The van der Waals surface area contributed by atoms with Gasteiger partial charge in [0.2, 0.25) is 11.8 Å². The van der Waals surface area contributed by atoms with Gasteiger partial charge in [-0.1, -0.05) is 19.9 Å². The van der Waals surface area contributed by atoms with E-state index in [1.165, 1.54) is 4.90 Å². The number of aliphatic carboxylic acids is 1. The maximum absolute atomic E-state index is 12.1. The monoisotopic (exact) mass is 318 g/mol. The van der Waals surface area contributed by atoms with Gasteiger partial charge in [0.05, 0.1) is 5.92 Å². The van der Waals surface area contributed by atoms with Crippen LogP contribution in [0.2, 0.25) is 0 Å². The fourth-order valence-electron chi connectivity index (χ4n) is 2.67. The van der Waals surface area contributed by atoms with Crippen molar-refractivity contribution in [1.82, 2.24) is 0 Å². The highest BCUT2D eigenvalue weighted by Crippen LogP contribution is 2.30. The Morgan fingerprint density at radius 3 is 2.65 bits per heavy atom. The standard InChI is InChI=1S/C17H22N2O4/c1-10(2)6-15(20)18-13-5-4-11(3)14(8-13)19-9-12(17(22)23)7-16(19)21/h4-5,8,10,12H,6-7,9H2,1-3H3,(H,18,20)(H,22,23)/t12-/m0/s1. The topological polar surface area (TPSA) is 86.7 Å². The molecule has 124 valence electrons. The predicted molar refractivity (Wildman–Crippen MR) is 87.4 cm³/mol. The number of aryl methyl sites for hydroxylation is 1. The molecule has 1 aromatic rings. The molecular weight excluding hydrogens is 296 g/mol. The van der Waals surface area contributed by atoms with E-state index in [-0.39, 0.29) is 30.7 Å². The van der Waals surface area contributed by atoms with Gasteiger partial charge in [0.1, 0.15) is 0 Å². The number of nitrogens with one attached hydrogen (secondary N) is 1. The van der Waals surface area contributed by atoms with Gasteiger partial charge < -0.3 is 15.3 Å². The van der Waals surface area contributed by atoms with Crippen molar-refractivity contribution in [2.75, 3.05) is 16.8 Å². The van der Waals surface area contributed by atoms with Crippen LogP contribution in [-0.2, 0) is 14.4 Å². The molecular formula is C17H22N2O4. The number of anilines is 2. The Balaban J connectivity index is 2.19. The largest absolute Gasteiger partial charge is 0.481 e. The zero-order valence-electron chi connectivity index (χ0n) is 13.6. The van der Waals surface area contributed by atoms with Crippen LogP contribution in [0.25, 0.3) is 0 Å². The first-order chi connectivity index (χ1) is 10.8. The minimum Gasteiger partial charge on any atom is -0.481 e. The minimum atomic E-state index is -0.958. The van der Waals surface area contributed by atoms with Crippen molar-refractivity contribution >= 4 is 29.2 Å². The van der Waals surface area contributed by atoms with Gasteiger partial charge in [0, 0.05) is 30.8 Å². The molecule has 6 nitrogen and oxygen atoms in total. The molecule has 1 aliphatic rings. The van der Waals surface area contributed by atoms with Crippen molar-refractivity contribution in [2.24, 2.45) is 11.8 Å². The molecule has 0 aliphatic carbocycles. The number of carbonyl (C=O) groups excluding carboxylic acids is 2. The summed E-state index contributed by atoms with van der Waals surface area (Å²) in [5, 5.41) is 11.9. The van der Waals surface area contributed by atoms with Crippen molar-refractivity contribution in [3.63, 3.8) is 0 Å². The summed E-state index contributed by atoms with van der Waals surface area (Å²) in [4.78, 5) is 36.6. The fraction of sp³-hybridized carbons (Fsp3) is 0.471. The van der Waals surface area contributed by atoms with Gasteiger partial charge >= 0.3 is 5.97 Å². The molecule has 2 rings (SSSR count). The number of amides is 2. The Morgan fingerprint density at radius 2 is 2.09 bits per heavy atom. The zero-order chi connectivity index (χ0) is 17.1. The highest BCUT2D eigenvalue weighted by atomic mass is 16.4. The third kappa shape index (κ3) is 4.09. The summed E-state index contributed by atoms with van der Waals surface area (Å²) in [7, 11) is 0. The van der Waals surface area contributed by atoms with Crippen LogP contribution in [-0.4, -0.2) is 29.4 Å². The maximum atomic E-state index is 12.1. The molecule has 0 saturated carbocycles. The van der Waals surface area contributed by atoms with Gasteiger partial charge in [-0.05, 0) is 30.5 Å².